The molecule has 0 aliphatic rings. The lowest BCUT2D eigenvalue weighted by Crippen LogP contribution is -2.41. The second-order valence-electron chi connectivity index (χ2n) is 5.19. The first-order chi connectivity index (χ1) is 7.94. The second kappa shape index (κ2) is 6.12. The van der Waals surface area contributed by atoms with Crippen LogP contribution in [-0.2, 0) is 13.0 Å². The number of nitrogens with zero attached hydrogens (tertiary/aromatic N) is 3. The number of nitrogens with one attached hydrogen (secondary N) is 1. The quantitative estimate of drug-likeness (QED) is 0.741. The molecule has 0 bridgehead atoms. The van der Waals surface area contributed by atoms with Gasteiger partial charge in [-0.25, -0.2) is 4.98 Å². The molecule has 1 aromatic rings. The maximum atomic E-state index is 10.3. The van der Waals surface area contributed by atoms with Crippen LogP contribution in [-0.4, -0.2) is 38.6 Å². The van der Waals surface area contributed by atoms with E-state index in [1.807, 2.05) is 18.5 Å². The molecule has 1 aromatic heterocycles. The number of aromatic nitrogens is 3. The Hall–Kier alpha value is -0.940. The van der Waals surface area contributed by atoms with Crippen molar-refractivity contribution in [3.63, 3.8) is 0 Å². The van der Waals surface area contributed by atoms with E-state index < -0.39 is 5.60 Å². The maximum absolute atomic E-state index is 10.3. The molecular weight excluding hydrogens is 216 g/mol. The van der Waals surface area contributed by atoms with Crippen LogP contribution in [0.4, 0.5) is 0 Å². The van der Waals surface area contributed by atoms with Gasteiger partial charge in [0.1, 0.15) is 12.2 Å². The van der Waals surface area contributed by atoms with Crippen molar-refractivity contribution in [3.05, 3.63) is 12.2 Å². The molecule has 1 rings (SSSR count). The van der Waals surface area contributed by atoms with E-state index in [0.717, 1.165) is 18.9 Å². The van der Waals surface area contributed by atoms with Crippen molar-refractivity contribution in [1.82, 2.24) is 20.1 Å². The molecule has 0 spiro atoms. The first kappa shape index (κ1) is 14.1. The summed E-state index contributed by atoms with van der Waals surface area (Å²) in [6, 6.07) is 0. The molecule has 5 heteroatoms. The highest BCUT2D eigenvalue weighted by atomic mass is 16.3. The Kier molecular flexibility index (Phi) is 5.08. The molecule has 1 unspecified atom stereocenters. The van der Waals surface area contributed by atoms with Crippen molar-refractivity contribution in [2.24, 2.45) is 5.92 Å². The van der Waals surface area contributed by atoms with Crippen LogP contribution in [0, 0.1) is 5.92 Å². The van der Waals surface area contributed by atoms with Crippen LogP contribution in [0.15, 0.2) is 6.33 Å². The van der Waals surface area contributed by atoms with Gasteiger partial charge in [-0.15, -0.1) is 0 Å². The van der Waals surface area contributed by atoms with Gasteiger partial charge in [0, 0.05) is 19.5 Å². The highest BCUT2D eigenvalue weighted by molar-refractivity contribution is 4.93. The van der Waals surface area contributed by atoms with Gasteiger partial charge in [0.15, 0.2) is 0 Å². The first-order valence-corrected chi connectivity index (χ1v) is 6.24. The highest BCUT2D eigenvalue weighted by Crippen LogP contribution is 2.10. The Morgan fingerprint density at radius 2 is 2.24 bits per heavy atom. The molecule has 0 aromatic carbocycles. The predicted molar refractivity (Wildman–Crippen MR) is 67.7 cm³/mol. The van der Waals surface area contributed by atoms with Gasteiger partial charge in [0.05, 0.1) is 5.60 Å². The first-order valence-electron chi connectivity index (χ1n) is 6.24. The van der Waals surface area contributed by atoms with Crippen LogP contribution in [0.3, 0.4) is 0 Å². The second-order valence-corrected chi connectivity index (χ2v) is 5.19. The molecule has 1 heterocycles. The van der Waals surface area contributed by atoms with Crippen molar-refractivity contribution in [3.8, 4) is 0 Å². The average Bonchev–Trinajstić information content (AvgIpc) is 2.63. The summed E-state index contributed by atoms with van der Waals surface area (Å²) < 4.78 is 1.82. The molecule has 0 saturated heterocycles. The van der Waals surface area contributed by atoms with Crippen molar-refractivity contribution in [2.45, 2.75) is 46.3 Å². The van der Waals surface area contributed by atoms with E-state index in [4.69, 9.17) is 0 Å². The summed E-state index contributed by atoms with van der Waals surface area (Å²) in [5, 5.41) is 17.6. The summed E-state index contributed by atoms with van der Waals surface area (Å²) in [4.78, 5) is 4.18. The zero-order valence-corrected chi connectivity index (χ0v) is 11.3. The van der Waals surface area contributed by atoms with Gasteiger partial charge in [-0.1, -0.05) is 13.8 Å². The van der Waals surface area contributed by atoms with Gasteiger partial charge in [0.2, 0.25) is 0 Å². The largest absolute Gasteiger partial charge is 0.388 e. The molecule has 1 atom stereocenters. The van der Waals surface area contributed by atoms with E-state index in [-0.39, 0.29) is 0 Å². The Bertz CT molecular complexity index is 333. The number of hydrogen-bond acceptors (Lipinski definition) is 4. The Labute approximate surface area is 103 Å². The fourth-order valence-electron chi connectivity index (χ4n) is 1.72. The number of rotatable bonds is 7. The molecule has 0 aliphatic heterocycles. The lowest BCUT2D eigenvalue weighted by Gasteiger charge is -2.24. The minimum absolute atomic E-state index is 0.520. The van der Waals surface area contributed by atoms with Gasteiger partial charge in [0.25, 0.3) is 0 Å². The van der Waals surface area contributed by atoms with Crippen molar-refractivity contribution < 1.29 is 5.11 Å². The highest BCUT2D eigenvalue weighted by Gasteiger charge is 2.23. The monoisotopic (exact) mass is 240 g/mol. The normalized spacial score (nSPS) is 15.2. The third-order valence-corrected chi connectivity index (χ3v) is 2.59. The molecule has 5 nitrogen and oxygen atoms in total. The molecule has 0 aliphatic carbocycles. The molecule has 0 radical (unpaired) electrons. The topological polar surface area (TPSA) is 63.0 Å². The third kappa shape index (κ3) is 4.83. The fraction of sp³-hybridized carbons (Fsp3) is 0.833. The molecular formula is C12H24N4O. The van der Waals surface area contributed by atoms with Gasteiger partial charge < -0.3 is 10.4 Å². The SMILES string of the molecule is CCn1ncnc1CC(C)(O)CNCC(C)C. The number of hydrogen-bond donors (Lipinski definition) is 2. The Morgan fingerprint density at radius 1 is 1.53 bits per heavy atom. The summed E-state index contributed by atoms with van der Waals surface area (Å²) in [6.07, 6.45) is 2.06. The fourth-order valence-corrected chi connectivity index (χ4v) is 1.72. The van der Waals surface area contributed by atoms with Crippen LogP contribution < -0.4 is 5.32 Å². The van der Waals surface area contributed by atoms with E-state index in [1.54, 1.807) is 0 Å². The third-order valence-electron chi connectivity index (χ3n) is 2.59. The minimum Gasteiger partial charge on any atom is -0.388 e. The molecule has 0 saturated carbocycles. The zero-order chi connectivity index (χ0) is 12.9. The number of aryl methyl sites for hydroxylation is 1. The van der Waals surface area contributed by atoms with Crippen LogP contribution >= 0.6 is 0 Å². The maximum Gasteiger partial charge on any atom is 0.138 e. The van der Waals surface area contributed by atoms with Gasteiger partial charge >= 0.3 is 0 Å². The lowest BCUT2D eigenvalue weighted by atomic mass is 10.0. The summed E-state index contributed by atoms with van der Waals surface area (Å²) in [7, 11) is 0. The van der Waals surface area contributed by atoms with Gasteiger partial charge in [-0.2, -0.15) is 5.10 Å². The molecule has 0 fully saturated rings. The molecule has 0 amide bonds. The summed E-state index contributed by atoms with van der Waals surface area (Å²) >= 11 is 0. The van der Waals surface area contributed by atoms with Crippen molar-refractivity contribution in [1.29, 1.82) is 0 Å². The summed E-state index contributed by atoms with van der Waals surface area (Å²) in [5.41, 5.74) is -0.783. The van der Waals surface area contributed by atoms with Gasteiger partial charge in [-0.3, -0.25) is 4.68 Å². The minimum atomic E-state index is -0.783. The van der Waals surface area contributed by atoms with Crippen LogP contribution in [0.1, 0.15) is 33.5 Å². The standard InChI is InChI=1S/C12H24N4O/c1-5-16-11(14-9-15-16)6-12(4,17)8-13-7-10(2)3/h9-10,13,17H,5-8H2,1-4H3. The predicted octanol–water partition coefficient (Wildman–Crippen LogP) is 0.837. The van der Waals surface area contributed by atoms with Gasteiger partial charge in [-0.05, 0) is 26.3 Å². The van der Waals surface area contributed by atoms with E-state index >= 15 is 0 Å². The van der Waals surface area contributed by atoms with E-state index in [0.29, 0.717) is 18.9 Å². The number of aliphatic hydroxyl groups is 1. The molecule has 2 N–H and O–H groups in total. The van der Waals surface area contributed by atoms with Crippen LogP contribution in [0.25, 0.3) is 0 Å². The Balaban J connectivity index is 2.48. The van der Waals surface area contributed by atoms with E-state index in [1.165, 1.54) is 6.33 Å². The molecule has 17 heavy (non-hydrogen) atoms. The van der Waals surface area contributed by atoms with Crippen molar-refractivity contribution >= 4 is 0 Å². The van der Waals surface area contributed by atoms with E-state index in [9.17, 15) is 5.11 Å². The van der Waals surface area contributed by atoms with Crippen LogP contribution in [0.2, 0.25) is 0 Å². The lowest BCUT2D eigenvalue weighted by molar-refractivity contribution is 0.0564. The average molecular weight is 240 g/mol. The Morgan fingerprint density at radius 3 is 2.82 bits per heavy atom. The molecule has 98 valence electrons. The van der Waals surface area contributed by atoms with E-state index in [2.05, 4.69) is 29.2 Å². The van der Waals surface area contributed by atoms with Crippen molar-refractivity contribution in [2.75, 3.05) is 13.1 Å². The summed E-state index contributed by atoms with van der Waals surface area (Å²) in [5.74, 6) is 1.42. The summed E-state index contributed by atoms with van der Waals surface area (Å²) in [6.45, 7) is 10.4. The van der Waals surface area contributed by atoms with Crippen LogP contribution in [0.5, 0.6) is 0 Å². The smallest absolute Gasteiger partial charge is 0.138 e. The zero-order valence-electron chi connectivity index (χ0n) is 11.3.